The van der Waals surface area contributed by atoms with Crippen molar-refractivity contribution in [1.29, 1.82) is 0 Å². The van der Waals surface area contributed by atoms with E-state index < -0.39 is 41.7 Å². The smallest absolute Gasteiger partial charge is 0.325 e. The second-order valence-electron chi connectivity index (χ2n) is 8.46. The summed E-state index contributed by atoms with van der Waals surface area (Å²) < 4.78 is 0. The molecule has 34 heavy (non-hydrogen) atoms. The van der Waals surface area contributed by atoms with Gasteiger partial charge in [0.1, 0.15) is 12.1 Å². The van der Waals surface area contributed by atoms with Gasteiger partial charge in [-0.3, -0.25) is 24.1 Å². The number of imide groups is 1. The Hall–Kier alpha value is -4.21. The van der Waals surface area contributed by atoms with E-state index in [4.69, 9.17) is 5.73 Å². The normalized spacial score (nSPS) is 17.4. The Balaban J connectivity index is 1.68. The van der Waals surface area contributed by atoms with Crippen molar-refractivity contribution in [2.45, 2.75) is 26.3 Å². The highest BCUT2D eigenvalue weighted by Gasteiger charge is 2.49. The Morgan fingerprint density at radius 2 is 1.71 bits per heavy atom. The summed E-state index contributed by atoms with van der Waals surface area (Å²) in [7, 11) is 1.42. The maximum Gasteiger partial charge on any atom is 0.325 e. The van der Waals surface area contributed by atoms with Gasteiger partial charge in [-0.2, -0.15) is 0 Å². The van der Waals surface area contributed by atoms with Crippen LogP contribution in [0.3, 0.4) is 0 Å². The molecular formula is C24H27N5O5. The van der Waals surface area contributed by atoms with Gasteiger partial charge in [0.15, 0.2) is 0 Å². The molecule has 178 valence electrons. The minimum Gasteiger partial charge on any atom is -0.366 e. The number of benzene rings is 2. The number of nitrogens with one attached hydrogen (secondary N) is 2. The highest BCUT2D eigenvalue weighted by atomic mass is 16.2. The van der Waals surface area contributed by atoms with Crippen molar-refractivity contribution in [3.63, 3.8) is 0 Å². The molecule has 0 aromatic heterocycles. The third kappa shape index (κ3) is 4.75. The van der Waals surface area contributed by atoms with Gasteiger partial charge in [0.25, 0.3) is 5.91 Å². The molecule has 0 saturated carbocycles. The van der Waals surface area contributed by atoms with Crippen molar-refractivity contribution in [3.05, 3.63) is 64.7 Å². The monoisotopic (exact) mass is 465 g/mol. The van der Waals surface area contributed by atoms with Crippen LogP contribution < -0.4 is 16.4 Å². The Morgan fingerprint density at radius 1 is 1.09 bits per heavy atom. The number of amides is 6. The van der Waals surface area contributed by atoms with Gasteiger partial charge in [0.05, 0.1) is 6.54 Å². The summed E-state index contributed by atoms with van der Waals surface area (Å²) >= 11 is 0. The third-order valence-electron chi connectivity index (χ3n) is 5.84. The molecule has 6 amide bonds. The van der Waals surface area contributed by atoms with E-state index >= 15 is 0 Å². The summed E-state index contributed by atoms with van der Waals surface area (Å²) in [5.41, 5.74) is 6.84. The van der Waals surface area contributed by atoms with Crippen molar-refractivity contribution >= 4 is 35.3 Å². The van der Waals surface area contributed by atoms with E-state index in [9.17, 15) is 24.0 Å². The fourth-order valence-corrected chi connectivity index (χ4v) is 3.77. The van der Waals surface area contributed by atoms with Gasteiger partial charge in [-0.25, -0.2) is 4.79 Å². The molecule has 3 rings (SSSR count). The maximum absolute atomic E-state index is 13.1. The number of carbonyl (C=O) groups excluding carboxylic acids is 5. The minimum absolute atomic E-state index is 0.185. The molecule has 0 spiro atoms. The topological polar surface area (TPSA) is 142 Å². The van der Waals surface area contributed by atoms with Gasteiger partial charge in [0, 0.05) is 18.3 Å². The van der Waals surface area contributed by atoms with Gasteiger partial charge >= 0.3 is 6.03 Å². The number of nitrogens with zero attached hydrogens (tertiary/aromatic N) is 2. The highest BCUT2D eigenvalue weighted by Crippen LogP contribution is 2.29. The van der Waals surface area contributed by atoms with E-state index in [0.29, 0.717) is 11.3 Å². The molecule has 1 aliphatic rings. The first kappa shape index (κ1) is 24.4. The molecule has 10 heteroatoms. The van der Waals surface area contributed by atoms with Gasteiger partial charge in [0.2, 0.25) is 17.7 Å². The van der Waals surface area contributed by atoms with Crippen LogP contribution in [0.15, 0.2) is 42.5 Å². The minimum atomic E-state index is -1.47. The molecule has 0 aliphatic carbocycles. The van der Waals surface area contributed by atoms with Gasteiger partial charge < -0.3 is 21.3 Å². The van der Waals surface area contributed by atoms with Crippen molar-refractivity contribution in [2.75, 3.05) is 25.5 Å². The molecule has 1 heterocycles. The molecule has 1 saturated heterocycles. The van der Waals surface area contributed by atoms with Crippen molar-refractivity contribution in [1.82, 2.24) is 15.1 Å². The molecule has 0 bridgehead atoms. The summed E-state index contributed by atoms with van der Waals surface area (Å²) in [6, 6.07) is 10.9. The van der Waals surface area contributed by atoms with Gasteiger partial charge in [-0.1, -0.05) is 30.3 Å². The molecule has 1 fully saturated rings. The molecule has 1 atom stereocenters. The second kappa shape index (κ2) is 9.34. The molecule has 2 aromatic carbocycles. The number of anilines is 1. The Morgan fingerprint density at radius 3 is 2.32 bits per heavy atom. The molecule has 2 aromatic rings. The van der Waals surface area contributed by atoms with Gasteiger partial charge in [-0.15, -0.1) is 0 Å². The number of hydrogen-bond acceptors (Lipinski definition) is 5. The number of hydrogen-bond donors (Lipinski definition) is 3. The Labute approximate surface area is 197 Å². The SMILES string of the molecule is Cc1cccc(C)c1NC(=O)CN(C)C(=O)CN1C(=O)NC(C)(c2cccc(C(N)=O)c2)C1=O. The number of likely N-dealkylation sites (N-methyl/N-ethyl adjacent to an activating group) is 1. The number of aryl methyl sites for hydroxylation is 2. The van der Waals surface area contributed by atoms with Crippen LogP contribution in [0.25, 0.3) is 0 Å². The highest BCUT2D eigenvalue weighted by molar-refractivity contribution is 6.09. The first-order chi connectivity index (χ1) is 15.9. The number of para-hydroxylation sites is 1. The quantitative estimate of drug-likeness (QED) is 0.528. The zero-order valence-electron chi connectivity index (χ0n) is 19.5. The lowest BCUT2D eigenvalue weighted by Crippen LogP contribution is -2.45. The number of rotatable bonds is 7. The van der Waals surface area contributed by atoms with Crippen LogP contribution in [0.5, 0.6) is 0 Å². The lowest BCUT2D eigenvalue weighted by Gasteiger charge is -2.23. The number of carbonyl (C=O) groups is 5. The van der Waals surface area contributed by atoms with E-state index in [-0.39, 0.29) is 12.1 Å². The predicted molar refractivity (Wildman–Crippen MR) is 125 cm³/mol. The second-order valence-corrected chi connectivity index (χ2v) is 8.46. The lowest BCUT2D eigenvalue weighted by atomic mass is 9.90. The zero-order valence-corrected chi connectivity index (χ0v) is 19.5. The molecule has 1 unspecified atom stereocenters. The van der Waals surface area contributed by atoms with Crippen molar-refractivity contribution in [2.24, 2.45) is 5.73 Å². The number of nitrogens with two attached hydrogens (primary N) is 1. The standard InChI is InChI=1S/C24H27N5O5/c1-14-7-5-8-15(2)20(14)26-18(30)12-28(4)19(31)13-29-22(33)24(3,27-23(29)34)17-10-6-9-16(11-17)21(25)32/h5-11H,12-13H2,1-4H3,(H2,25,32)(H,26,30)(H,27,34). The van der Waals surface area contributed by atoms with E-state index in [1.165, 1.54) is 26.1 Å². The summed E-state index contributed by atoms with van der Waals surface area (Å²) in [6.07, 6.45) is 0. The van der Waals surface area contributed by atoms with Crippen molar-refractivity contribution < 1.29 is 24.0 Å². The van der Waals surface area contributed by atoms with Gasteiger partial charge in [-0.05, 0) is 49.6 Å². The van der Waals surface area contributed by atoms with Crippen LogP contribution in [-0.2, 0) is 19.9 Å². The average molecular weight is 466 g/mol. The van der Waals surface area contributed by atoms with Crippen LogP contribution in [0.1, 0.15) is 34.0 Å². The molecule has 10 nitrogen and oxygen atoms in total. The third-order valence-corrected chi connectivity index (χ3v) is 5.84. The summed E-state index contributed by atoms with van der Waals surface area (Å²) in [5, 5.41) is 5.37. The summed E-state index contributed by atoms with van der Waals surface area (Å²) in [6.45, 7) is 4.42. The van der Waals surface area contributed by atoms with Crippen LogP contribution in [0, 0.1) is 13.8 Å². The molecule has 0 radical (unpaired) electrons. The Bertz CT molecular complexity index is 1170. The average Bonchev–Trinajstić information content (AvgIpc) is 3.00. The largest absolute Gasteiger partial charge is 0.366 e. The van der Waals surface area contributed by atoms with Crippen LogP contribution >= 0.6 is 0 Å². The molecule has 1 aliphatic heterocycles. The van der Waals surface area contributed by atoms with E-state index in [2.05, 4.69) is 10.6 Å². The summed E-state index contributed by atoms with van der Waals surface area (Å²) in [4.78, 5) is 64.3. The fourth-order valence-electron chi connectivity index (χ4n) is 3.77. The maximum atomic E-state index is 13.1. The van der Waals surface area contributed by atoms with E-state index in [1.54, 1.807) is 12.1 Å². The van der Waals surface area contributed by atoms with Crippen LogP contribution in [0.2, 0.25) is 0 Å². The first-order valence-electron chi connectivity index (χ1n) is 10.6. The zero-order chi connectivity index (χ0) is 25.2. The molecular weight excluding hydrogens is 438 g/mol. The number of primary amides is 1. The number of urea groups is 1. The summed E-state index contributed by atoms with van der Waals surface area (Å²) in [5.74, 6) is -2.32. The lowest BCUT2D eigenvalue weighted by molar-refractivity contribution is -0.139. The first-order valence-corrected chi connectivity index (χ1v) is 10.6. The fraction of sp³-hybridized carbons (Fsp3) is 0.292. The van der Waals surface area contributed by atoms with Crippen molar-refractivity contribution in [3.8, 4) is 0 Å². The van der Waals surface area contributed by atoms with E-state index in [1.807, 2.05) is 32.0 Å². The molecule has 4 N–H and O–H groups in total. The van der Waals surface area contributed by atoms with Crippen LogP contribution in [0.4, 0.5) is 10.5 Å². The predicted octanol–water partition coefficient (Wildman–Crippen LogP) is 1.27. The van der Waals surface area contributed by atoms with Crippen LogP contribution in [-0.4, -0.2) is 59.6 Å². The van der Waals surface area contributed by atoms with E-state index in [0.717, 1.165) is 20.9 Å². The Kier molecular flexibility index (Phi) is 6.71.